The van der Waals surface area contributed by atoms with E-state index >= 15 is 0 Å². The fourth-order valence-corrected chi connectivity index (χ4v) is 2.30. The van der Waals surface area contributed by atoms with E-state index in [0.29, 0.717) is 12.1 Å². The minimum atomic E-state index is -0.902. The lowest BCUT2D eigenvalue weighted by Gasteiger charge is -2.02. The maximum Gasteiger partial charge on any atom is 0.337 e. The Hall–Kier alpha value is -2.56. The van der Waals surface area contributed by atoms with E-state index in [-0.39, 0.29) is 0 Å². The highest BCUT2D eigenvalue weighted by Crippen LogP contribution is 2.22. The van der Waals surface area contributed by atoms with Gasteiger partial charge in [-0.05, 0) is 6.07 Å². The molecule has 0 unspecified atom stereocenters. The Morgan fingerprint density at radius 3 is 2.79 bits per heavy atom. The summed E-state index contributed by atoms with van der Waals surface area (Å²) < 4.78 is 3.68. The molecule has 19 heavy (non-hydrogen) atoms. The molecule has 2 heterocycles. The third-order valence-electron chi connectivity index (χ3n) is 3.13. The van der Waals surface area contributed by atoms with E-state index in [0.717, 1.165) is 16.5 Å². The molecule has 0 bridgehead atoms. The second-order valence-corrected chi connectivity index (χ2v) is 4.52. The fraction of sp³-hybridized carbons (Fsp3) is 0.143. The molecule has 0 spiro atoms. The monoisotopic (exact) mass is 255 g/mol. The average Bonchev–Trinajstić information content (AvgIpc) is 2.95. The fourth-order valence-electron chi connectivity index (χ4n) is 2.30. The van der Waals surface area contributed by atoms with Gasteiger partial charge in [0, 0.05) is 35.9 Å². The zero-order valence-electron chi connectivity index (χ0n) is 10.4. The minimum Gasteiger partial charge on any atom is -0.478 e. The van der Waals surface area contributed by atoms with Crippen molar-refractivity contribution in [1.82, 2.24) is 14.3 Å². The first-order valence-corrected chi connectivity index (χ1v) is 5.94. The number of hydrogen-bond donors (Lipinski definition) is 1. The quantitative estimate of drug-likeness (QED) is 0.779. The van der Waals surface area contributed by atoms with Gasteiger partial charge < -0.3 is 9.67 Å². The standard InChI is InChI=1S/C14H13N3O2/c1-16-7-10(6-15-16)8-17-9-12(14(18)19)11-4-2-3-5-13(11)17/h2-7,9H,8H2,1H3,(H,18,19). The maximum absolute atomic E-state index is 11.3. The van der Waals surface area contributed by atoms with Crippen molar-refractivity contribution >= 4 is 16.9 Å². The maximum atomic E-state index is 11.3. The van der Waals surface area contributed by atoms with Crippen LogP contribution in [-0.2, 0) is 13.6 Å². The van der Waals surface area contributed by atoms with Crippen LogP contribution in [0.5, 0.6) is 0 Å². The van der Waals surface area contributed by atoms with Gasteiger partial charge in [0.15, 0.2) is 0 Å². The number of aromatic nitrogens is 3. The van der Waals surface area contributed by atoms with Crippen molar-refractivity contribution in [3.63, 3.8) is 0 Å². The molecule has 5 nitrogen and oxygen atoms in total. The first kappa shape index (κ1) is 11.5. The number of fused-ring (bicyclic) bond motifs is 1. The van der Waals surface area contributed by atoms with Crippen molar-refractivity contribution in [3.05, 3.63) is 54.0 Å². The topological polar surface area (TPSA) is 60.0 Å². The second-order valence-electron chi connectivity index (χ2n) is 4.52. The molecule has 0 aliphatic carbocycles. The van der Waals surface area contributed by atoms with Gasteiger partial charge in [-0.1, -0.05) is 18.2 Å². The van der Waals surface area contributed by atoms with E-state index in [1.165, 1.54) is 0 Å². The summed E-state index contributed by atoms with van der Waals surface area (Å²) in [5.41, 5.74) is 2.29. The van der Waals surface area contributed by atoms with Gasteiger partial charge in [0.05, 0.1) is 18.3 Å². The molecule has 0 aliphatic rings. The van der Waals surface area contributed by atoms with Crippen LogP contribution in [-0.4, -0.2) is 25.4 Å². The smallest absolute Gasteiger partial charge is 0.337 e. The van der Waals surface area contributed by atoms with Crippen molar-refractivity contribution in [3.8, 4) is 0 Å². The average molecular weight is 255 g/mol. The molecule has 0 saturated heterocycles. The first-order chi connectivity index (χ1) is 9.15. The number of aryl methyl sites for hydroxylation is 1. The summed E-state index contributed by atoms with van der Waals surface area (Å²) in [6.45, 7) is 0.613. The highest BCUT2D eigenvalue weighted by Gasteiger charge is 2.13. The van der Waals surface area contributed by atoms with E-state index in [1.807, 2.05) is 42.1 Å². The van der Waals surface area contributed by atoms with Crippen molar-refractivity contribution < 1.29 is 9.90 Å². The van der Waals surface area contributed by atoms with Gasteiger partial charge in [-0.3, -0.25) is 4.68 Å². The summed E-state index contributed by atoms with van der Waals surface area (Å²) in [4.78, 5) is 11.3. The highest BCUT2D eigenvalue weighted by molar-refractivity contribution is 6.03. The number of benzene rings is 1. The number of hydrogen-bond acceptors (Lipinski definition) is 2. The zero-order valence-corrected chi connectivity index (χ0v) is 10.4. The Morgan fingerprint density at radius 1 is 1.32 bits per heavy atom. The van der Waals surface area contributed by atoms with Crippen LogP contribution in [0.4, 0.5) is 0 Å². The van der Waals surface area contributed by atoms with Crippen molar-refractivity contribution in [2.75, 3.05) is 0 Å². The molecule has 0 amide bonds. The van der Waals surface area contributed by atoms with E-state index in [2.05, 4.69) is 5.10 Å². The van der Waals surface area contributed by atoms with Gasteiger partial charge >= 0.3 is 5.97 Å². The molecular weight excluding hydrogens is 242 g/mol. The Bertz CT molecular complexity index is 755. The molecule has 2 aromatic heterocycles. The molecule has 5 heteroatoms. The highest BCUT2D eigenvalue weighted by atomic mass is 16.4. The number of carboxylic acid groups (broad SMARTS) is 1. The van der Waals surface area contributed by atoms with Crippen LogP contribution in [0.2, 0.25) is 0 Å². The zero-order chi connectivity index (χ0) is 13.4. The van der Waals surface area contributed by atoms with Gasteiger partial charge in [-0.2, -0.15) is 5.10 Å². The van der Waals surface area contributed by atoms with Crippen LogP contribution in [0, 0.1) is 0 Å². The number of carboxylic acids is 1. The number of nitrogens with zero attached hydrogens (tertiary/aromatic N) is 3. The van der Waals surface area contributed by atoms with Crippen LogP contribution in [0.15, 0.2) is 42.9 Å². The third-order valence-corrected chi connectivity index (χ3v) is 3.13. The Balaban J connectivity index is 2.11. The molecule has 0 aliphatic heterocycles. The SMILES string of the molecule is Cn1cc(Cn2cc(C(=O)O)c3ccccc32)cn1. The second kappa shape index (κ2) is 4.28. The molecular formula is C14H13N3O2. The molecule has 0 radical (unpaired) electrons. The largest absolute Gasteiger partial charge is 0.478 e. The number of para-hydroxylation sites is 1. The summed E-state index contributed by atoms with van der Waals surface area (Å²) in [7, 11) is 1.86. The predicted molar refractivity (Wildman–Crippen MR) is 71.2 cm³/mol. The lowest BCUT2D eigenvalue weighted by molar-refractivity contribution is 0.0699. The van der Waals surface area contributed by atoms with Gasteiger partial charge in [0.1, 0.15) is 0 Å². The third kappa shape index (κ3) is 1.99. The van der Waals surface area contributed by atoms with E-state index < -0.39 is 5.97 Å². The lowest BCUT2D eigenvalue weighted by atomic mass is 10.2. The van der Waals surface area contributed by atoms with Gasteiger partial charge in [-0.15, -0.1) is 0 Å². The predicted octanol–water partition coefficient (Wildman–Crippen LogP) is 2.12. The summed E-state index contributed by atoms with van der Waals surface area (Å²) >= 11 is 0. The van der Waals surface area contributed by atoms with Gasteiger partial charge in [-0.25, -0.2) is 4.79 Å². The molecule has 0 atom stereocenters. The molecule has 1 aromatic carbocycles. The first-order valence-electron chi connectivity index (χ1n) is 5.94. The van der Waals surface area contributed by atoms with E-state index in [1.54, 1.807) is 17.1 Å². The van der Waals surface area contributed by atoms with Crippen LogP contribution in [0.3, 0.4) is 0 Å². The summed E-state index contributed by atoms with van der Waals surface area (Å²) in [6, 6.07) is 7.52. The lowest BCUT2D eigenvalue weighted by Crippen LogP contribution is -1.98. The summed E-state index contributed by atoms with van der Waals surface area (Å²) in [6.07, 6.45) is 5.39. The number of aromatic carboxylic acids is 1. The van der Waals surface area contributed by atoms with Crippen LogP contribution >= 0.6 is 0 Å². The Morgan fingerprint density at radius 2 is 2.11 bits per heavy atom. The summed E-state index contributed by atoms with van der Waals surface area (Å²) in [5.74, 6) is -0.902. The van der Waals surface area contributed by atoms with Crippen LogP contribution in [0.25, 0.3) is 10.9 Å². The molecule has 1 N–H and O–H groups in total. The minimum absolute atomic E-state index is 0.333. The molecule has 0 fully saturated rings. The molecule has 3 rings (SSSR count). The van der Waals surface area contributed by atoms with Crippen molar-refractivity contribution in [2.24, 2.45) is 7.05 Å². The molecule has 3 aromatic rings. The number of rotatable bonds is 3. The van der Waals surface area contributed by atoms with Crippen LogP contribution in [0.1, 0.15) is 15.9 Å². The van der Waals surface area contributed by atoms with E-state index in [9.17, 15) is 9.90 Å². The van der Waals surface area contributed by atoms with Crippen molar-refractivity contribution in [1.29, 1.82) is 0 Å². The Kier molecular flexibility index (Phi) is 2.59. The van der Waals surface area contributed by atoms with Gasteiger partial charge in [0.2, 0.25) is 0 Å². The van der Waals surface area contributed by atoms with Crippen LogP contribution < -0.4 is 0 Å². The molecule has 96 valence electrons. The number of carbonyl (C=O) groups is 1. The van der Waals surface area contributed by atoms with Gasteiger partial charge in [0.25, 0.3) is 0 Å². The normalized spacial score (nSPS) is 11.0. The summed E-state index contributed by atoms with van der Waals surface area (Å²) in [5, 5.41) is 14.1. The molecule has 0 saturated carbocycles. The Labute approximate surface area is 109 Å². The van der Waals surface area contributed by atoms with Crippen molar-refractivity contribution in [2.45, 2.75) is 6.54 Å². The van der Waals surface area contributed by atoms with E-state index in [4.69, 9.17) is 0 Å².